The molecule has 2 rings (SSSR count). The maximum atomic E-state index is 12.4. The van der Waals surface area contributed by atoms with E-state index in [2.05, 4.69) is 12.2 Å². The average molecular weight is 297 g/mol. The maximum Gasteiger partial charge on any atom is 0.253 e. The molecule has 0 saturated heterocycles. The van der Waals surface area contributed by atoms with Crippen LogP contribution >= 0.6 is 11.6 Å². The number of nitrogens with one attached hydrogen (secondary N) is 1. The van der Waals surface area contributed by atoms with Crippen molar-refractivity contribution in [2.75, 3.05) is 6.54 Å². The summed E-state index contributed by atoms with van der Waals surface area (Å²) in [5, 5.41) is 12.8. The van der Waals surface area contributed by atoms with Gasteiger partial charge in [-0.25, -0.2) is 0 Å². The first-order chi connectivity index (χ1) is 9.46. The van der Waals surface area contributed by atoms with Crippen LogP contribution in [0.25, 0.3) is 0 Å². The summed E-state index contributed by atoms with van der Waals surface area (Å²) < 4.78 is 0. The molecule has 0 radical (unpaired) electrons. The summed E-state index contributed by atoms with van der Waals surface area (Å²) >= 11 is 6.02. The second-order valence-electron chi connectivity index (χ2n) is 5.79. The van der Waals surface area contributed by atoms with Crippen molar-refractivity contribution in [3.63, 3.8) is 0 Å². The molecule has 4 nitrogen and oxygen atoms in total. The molecule has 1 aromatic carbocycles. The molecule has 0 spiro atoms. The van der Waals surface area contributed by atoms with Crippen LogP contribution in [0.15, 0.2) is 18.2 Å². The van der Waals surface area contributed by atoms with Crippen molar-refractivity contribution in [1.82, 2.24) is 5.32 Å². The molecular weight excluding hydrogens is 276 g/mol. The lowest BCUT2D eigenvalue weighted by Crippen LogP contribution is -2.55. The Morgan fingerprint density at radius 1 is 1.50 bits per heavy atom. The first-order valence-corrected chi connectivity index (χ1v) is 7.35. The van der Waals surface area contributed by atoms with Crippen molar-refractivity contribution in [3.05, 3.63) is 28.8 Å². The van der Waals surface area contributed by atoms with Crippen LogP contribution in [-0.2, 0) is 0 Å². The quantitative estimate of drug-likeness (QED) is 0.803. The Kier molecular flexibility index (Phi) is 4.55. The third kappa shape index (κ3) is 3.25. The molecule has 1 aromatic rings. The molecule has 0 aromatic heterocycles. The Bertz CT molecular complexity index is 497. The summed E-state index contributed by atoms with van der Waals surface area (Å²) in [4.78, 5) is 12.4. The van der Waals surface area contributed by atoms with E-state index in [0.29, 0.717) is 17.5 Å². The highest BCUT2D eigenvalue weighted by Crippen LogP contribution is 2.32. The molecule has 1 saturated carbocycles. The minimum Gasteiger partial charge on any atom is -0.508 e. The Balaban J connectivity index is 2.15. The van der Waals surface area contributed by atoms with Crippen LogP contribution < -0.4 is 11.1 Å². The highest BCUT2D eigenvalue weighted by atomic mass is 35.5. The fourth-order valence-electron chi connectivity index (χ4n) is 2.69. The Morgan fingerprint density at radius 3 is 2.75 bits per heavy atom. The number of carbonyl (C=O) groups is 1. The highest BCUT2D eigenvalue weighted by Gasteiger charge is 2.34. The van der Waals surface area contributed by atoms with Gasteiger partial charge in [0.15, 0.2) is 0 Å². The van der Waals surface area contributed by atoms with E-state index in [9.17, 15) is 9.90 Å². The Hall–Kier alpha value is -1.26. The van der Waals surface area contributed by atoms with Gasteiger partial charge in [0.1, 0.15) is 5.75 Å². The van der Waals surface area contributed by atoms with Crippen molar-refractivity contribution in [1.29, 1.82) is 0 Å². The van der Waals surface area contributed by atoms with Gasteiger partial charge in [0.05, 0.1) is 16.1 Å². The smallest absolute Gasteiger partial charge is 0.253 e. The zero-order valence-corrected chi connectivity index (χ0v) is 12.4. The lowest BCUT2D eigenvalue weighted by molar-refractivity contribution is 0.0860. The fraction of sp³-hybridized carbons (Fsp3) is 0.533. The molecule has 0 bridgehead atoms. The minimum atomic E-state index is -0.349. The van der Waals surface area contributed by atoms with E-state index in [1.807, 2.05) is 0 Å². The predicted molar refractivity (Wildman–Crippen MR) is 80.0 cm³/mol. The van der Waals surface area contributed by atoms with Crippen LogP contribution in [0.3, 0.4) is 0 Å². The molecule has 4 N–H and O–H groups in total. The Labute approximate surface area is 124 Å². The zero-order valence-electron chi connectivity index (χ0n) is 11.7. The fourth-order valence-corrected chi connectivity index (χ4v) is 2.89. The summed E-state index contributed by atoms with van der Waals surface area (Å²) in [5.41, 5.74) is 5.82. The first kappa shape index (κ1) is 15.1. The minimum absolute atomic E-state index is 0.0265. The van der Waals surface area contributed by atoms with E-state index in [-0.39, 0.29) is 22.8 Å². The molecule has 0 aliphatic heterocycles. The maximum absolute atomic E-state index is 12.4. The van der Waals surface area contributed by atoms with Gasteiger partial charge in [0.2, 0.25) is 0 Å². The third-order valence-corrected chi connectivity index (χ3v) is 4.52. The van der Waals surface area contributed by atoms with Crippen molar-refractivity contribution < 1.29 is 9.90 Å². The molecule has 0 heterocycles. The van der Waals surface area contributed by atoms with Gasteiger partial charge in [-0.1, -0.05) is 18.5 Å². The Morgan fingerprint density at radius 2 is 2.15 bits per heavy atom. The van der Waals surface area contributed by atoms with Crippen LogP contribution in [0.4, 0.5) is 0 Å². The molecule has 1 amide bonds. The summed E-state index contributed by atoms with van der Waals surface area (Å²) in [5.74, 6) is 0.431. The number of nitrogens with two attached hydrogens (primary N) is 1. The van der Waals surface area contributed by atoms with E-state index in [1.165, 1.54) is 18.2 Å². The third-order valence-electron chi connectivity index (χ3n) is 4.20. The van der Waals surface area contributed by atoms with Gasteiger partial charge in [-0.3, -0.25) is 4.79 Å². The van der Waals surface area contributed by atoms with Gasteiger partial charge in [0.25, 0.3) is 5.91 Å². The average Bonchev–Trinajstić information content (AvgIpc) is 2.44. The van der Waals surface area contributed by atoms with Gasteiger partial charge in [-0.15, -0.1) is 0 Å². The number of hydrogen-bond acceptors (Lipinski definition) is 3. The van der Waals surface area contributed by atoms with Crippen LogP contribution in [-0.4, -0.2) is 23.1 Å². The number of amides is 1. The van der Waals surface area contributed by atoms with Gasteiger partial charge in [-0.2, -0.15) is 0 Å². The number of carbonyl (C=O) groups excluding carboxylic acids is 1. The standard InChI is InChI=1S/C15H21ClN2O2/c1-10-4-6-15(9-17,7-5-10)18-14(20)12-8-11(19)2-3-13(12)16/h2-3,8,10,19H,4-7,9,17H2,1H3,(H,18,20). The van der Waals surface area contributed by atoms with E-state index in [0.717, 1.165) is 25.7 Å². The predicted octanol–water partition coefficient (Wildman–Crippen LogP) is 2.68. The molecule has 0 unspecified atom stereocenters. The van der Waals surface area contributed by atoms with Crippen LogP contribution in [0.1, 0.15) is 43.0 Å². The number of halogens is 1. The summed E-state index contributed by atoms with van der Waals surface area (Å²) in [6, 6.07) is 4.36. The molecule has 20 heavy (non-hydrogen) atoms. The summed E-state index contributed by atoms with van der Waals surface area (Å²) in [6.07, 6.45) is 3.89. The lowest BCUT2D eigenvalue weighted by Gasteiger charge is -2.39. The van der Waals surface area contributed by atoms with E-state index in [1.54, 1.807) is 0 Å². The number of aromatic hydroxyl groups is 1. The second-order valence-corrected chi connectivity index (χ2v) is 6.19. The van der Waals surface area contributed by atoms with Crippen LogP contribution in [0.2, 0.25) is 5.02 Å². The van der Waals surface area contributed by atoms with Crippen LogP contribution in [0, 0.1) is 5.92 Å². The van der Waals surface area contributed by atoms with E-state index in [4.69, 9.17) is 17.3 Å². The van der Waals surface area contributed by atoms with Gasteiger partial charge in [-0.05, 0) is 49.8 Å². The zero-order chi connectivity index (χ0) is 14.8. The topological polar surface area (TPSA) is 75.3 Å². The van der Waals surface area contributed by atoms with Crippen molar-refractivity contribution in [2.45, 2.75) is 38.1 Å². The molecule has 5 heteroatoms. The number of rotatable bonds is 3. The monoisotopic (exact) mass is 296 g/mol. The number of hydrogen-bond donors (Lipinski definition) is 3. The van der Waals surface area contributed by atoms with Gasteiger partial charge < -0.3 is 16.2 Å². The second kappa shape index (κ2) is 6.02. The van der Waals surface area contributed by atoms with Crippen LogP contribution in [0.5, 0.6) is 5.75 Å². The van der Waals surface area contributed by atoms with Crippen molar-refractivity contribution >= 4 is 17.5 Å². The van der Waals surface area contributed by atoms with E-state index >= 15 is 0 Å². The largest absolute Gasteiger partial charge is 0.508 e. The normalized spacial score (nSPS) is 26.2. The van der Waals surface area contributed by atoms with Gasteiger partial charge >= 0.3 is 0 Å². The van der Waals surface area contributed by atoms with Crippen molar-refractivity contribution in [3.8, 4) is 5.75 Å². The molecule has 0 atom stereocenters. The summed E-state index contributed by atoms with van der Waals surface area (Å²) in [7, 11) is 0. The SMILES string of the molecule is CC1CCC(CN)(NC(=O)c2cc(O)ccc2Cl)CC1. The molecule has 1 fully saturated rings. The van der Waals surface area contributed by atoms with Gasteiger partial charge in [0, 0.05) is 6.54 Å². The highest BCUT2D eigenvalue weighted by molar-refractivity contribution is 6.33. The van der Waals surface area contributed by atoms with E-state index < -0.39 is 0 Å². The molecule has 110 valence electrons. The number of benzene rings is 1. The van der Waals surface area contributed by atoms with Crippen molar-refractivity contribution in [2.24, 2.45) is 11.7 Å². The molecule has 1 aliphatic carbocycles. The molecular formula is C15H21ClN2O2. The number of phenolic OH excluding ortho intramolecular Hbond substituents is 1. The summed E-state index contributed by atoms with van der Waals surface area (Å²) in [6.45, 7) is 2.64. The first-order valence-electron chi connectivity index (χ1n) is 6.97. The molecule has 1 aliphatic rings. The lowest BCUT2D eigenvalue weighted by atomic mass is 9.77. The number of phenols is 1.